The maximum atomic E-state index is 13.4. The van der Waals surface area contributed by atoms with Gasteiger partial charge in [-0.25, -0.2) is 12.8 Å². The lowest BCUT2D eigenvalue weighted by atomic mass is 10.1. The van der Waals surface area contributed by atoms with E-state index in [1.807, 2.05) is 0 Å². The predicted octanol–water partition coefficient (Wildman–Crippen LogP) is 1.78. The van der Waals surface area contributed by atoms with E-state index in [2.05, 4.69) is 0 Å². The standard InChI is InChI=1S/C10H14FNO2S/c1-8(12(2)15(3,13)14)9-6-4-5-7-10(9)11/h4-8H,1-3H3. The lowest BCUT2D eigenvalue weighted by molar-refractivity contribution is 0.391. The van der Waals surface area contributed by atoms with Crippen molar-refractivity contribution in [2.75, 3.05) is 13.3 Å². The van der Waals surface area contributed by atoms with Gasteiger partial charge in [0, 0.05) is 18.7 Å². The normalized spacial score (nSPS) is 14.2. The maximum absolute atomic E-state index is 13.4. The van der Waals surface area contributed by atoms with Gasteiger partial charge in [0.25, 0.3) is 0 Å². The molecule has 0 radical (unpaired) electrons. The average Bonchev–Trinajstić information content (AvgIpc) is 2.15. The maximum Gasteiger partial charge on any atom is 0.211 e. The Balaban J connectivity index is 3.06. The Morgan fingerprint density at radius 2 is 1.87 bits per heavy atom. The predicted molar refractivity (Wildman–Crippen MR) is 57.4 cm³/mol. The van der Waals surface area contributed by atoms with Crippen LogP contribution in [0.25, 0.3) is 0 Å². The van der Waals surface area contributed by atoms with Crippen molar-refractivity contribution < 1.29 is 12.8 Å². The minimum Gasteiger partial charge on any atom is -0.212 e. The highest BCUT2D eigenvalue weighted by molar-refractivity contribution is 7.88. The van der Waals surface area contributed by atoms with Crippen LogP contribution < -0.4 is 0 Å². The van der Waals surface area contributed by atoms with Crippen LogP contribution in [0.15, 0.2) is 24.3 Å². The number of hydrogen-bond acceptors (Lipinski definition) is 2. The zero-order chi connectivity index (χ0) is 11.6. The second-order valence-electron chi connectivity index (χ2n) is 3.48. The molecule has 0 aliphatic rings. The van der Waals surface area contributed by atoms with Gasteiger partial charge in [-0.15, -0.1) is 0 Å². The molecule has 0 N–H and O–H groups in total. The van der Waals surface area contributed by atoms with Gasteiger partial charge >= 0.3 is 0 Å². The van der Waals surface area contributed by atoms with Gasteiger partial charge in [0.2, 0.25) is 10.0 Å². The SMILES string of the molecule is CC(c1ccccc1F)N(C)S(C)(=O)=O. The van der Waals surface area contributed by atoms with Crippen LogP contribution in [0.1, 0.15) is 18.5 Å². The number of halogens is 1. The molecule has 0 amide bonds. The van der Waals surface area contributed by atoms with Crippen LogP contribution >= 0.6 is 0 Å². The quantitative estimate of drug-likeness (QED) is 0.795. The molecule has 0 bridgehead atoms. The lowest BCUT2D eigenvalue weighted by Crippen LogP contribution is -2.29. The Hall–Kier alpha value is -0.940. The Kier molecular flexibility index (Phi) is 3.46. The van der Waals surface area contributed by atoms with Crippen LogP contribution in [0.5, 0.6) is 0 Å². The third kappa shape index (κ3) is 2.76. The van der Waals surface area contributed by atoms with Gasteiger partial charge in [0.1, 0.15) is 5.82 Å². The Labute approximate surface area is 89.6 Å². The molecule has 1 rings (SSSR count). The molecule has 1 atom stereocenters. The highest BCUT2D eigenvalue weighted by Crippen LogP contribution is 2.22. The molecular formula is C10H14FNO2S. The van der Waals surface area contributed by atoms with E-state index in [9.17, 15) is 12.8 Å². The highest BCUT2D eigenvalue weighted by atomic mass is 32.2. The summed E-state index contributed by atoms with van der Waals surface area (Å²) in [6.07, 6.45) is 1.10. The molecule has 0 aromatic heterocycles. The Morgan fingerprint density at radius 3 is 2.33 bits per heavy atom. The van der Waals surface area contributed by atoms with Crippen molar-refractivity contribution in [1.29, 1.82) is 0 Å². The first-order valence-corrected chi connectivity index (χ1v) is 6.36. The van der Waals surface area contributed by atoms with Crippen molar-refractivity contribution in [2.45, 2.75) is 13.0 Å². The number of benzene rings is 1. The zero-order valence-electron chi connectivity index (χ0n) is 8.94. The van der Waals surface area contributed by atoms with Gasteiger partial charge in [-0.2, -0.15) is 4.31 Å². The van der Waals surface area contributed by atoms with Crippen molar-refractivity contribution in [3.05, 3.63) is 35.6 Å². The zero-order valence-corrected chi connectivity index (χ0v) is 9.75. The number of hydrogen-bond donors (Lipinski definition) is 0. The van der Waals surface area contributed by atoms with Crippen LogP contribution in [0, 0.1) is 5.82 Å². The van der Waals surface area contributed by atoms with Gasteiger partial charge in [-0.3, -0.25) is 0 Å². The van der Waals surface area contributed by atoms with Crippen molar-refractivity contribution in [3.63, 3.8) is 0 Å². The molecule has 1 aromatic rings. The van der Waals surface area contributed by atoms with Gasteiger partial charge in [-0.05, 0) is 13.0 Å². The first-order chi connectivity index (χ1) is 6.84. The lowest BCUT2D eigenvalue weighted by Gasteiger charge is -2.22. The third-order valence-corrected chi connectivity index (χ3v) is 3.79. The second kappa shape index (κ2) is 4.28. The molecule has 0 saturated heterocycles. The fraction of sp³-hybridized carbons (Fsp3) is 0.400. The molecule has 0 heterocycles. The van der Waals surface area contributed by atoms with E-state index in [4.69, 9.17) is 0 Å². The highest BCUT2D eigenvalue weighted by Gasteiger charge is 2.21. The number of nitrogens with zero attached hydrogens (tertiary/aromatic N) is 1. The largest absolute Gasteiger partial charge is 0.212 e. The third-order valence-electron chi connectivity index (χ3n) is 2.42. The summed E-state index contributed by atoms with van der Waals surface area (Å²) in [6.45, 7) is 1.65. The topological polar surface area (TPSA) is 37.4 Å². The summed E-state index contributed by atoms with van der Waals surface area (Å²) in [6, 6.07) is 5.67. The molecule has 3 nitrogen and oxygen atoms in total. The van der Waals surface area contributed by atoms with Gasteiger partial charge in [0.05, 0.1) is 6.26 Å². The molecular weight excluding hydrogens is 217 g/mol. The summed E-state index contributed by atoms with van der Waals surface area (Å²) >= 11 is 0. The summed E-state index contributed by atoms with van der Waals surface area (Å²) in [5.74, 6) is -0.388. The summed E-state index contributed by atoms with van der Waals surface area (Å²) < 4.78 is 37.0. The molecule has 1 aromatic carbocycles. The minimum absolute atomic E-state index is 0.380. The van der Waals surface area contributed by atoms with E-state index in [1.165, 1.54) is 13.1 Å². The summed E-state index contributed by atoms with van der Waals surface area (Å²) in [5.41, 5.74) is 0.380. The Bertz CT molecular complexity index is 444. The molecule has 15 heavy (non-hydrogen) atoms. The molecule has 0 saturated carbocycles. The van der Waals surface area contributed by atoms with E-state index >= 15 is 0 Å². The smallest absolute Gasteiger partial charge is 0.211 e. The van der Waals surface area contributed by atoms with Crippen molar-refractivity contribution in [3.8, 4) is 0 Å². The fourth-order valence-electron chi connectivity index (χ4n) is 1.30. The molecule has 0 fully saturated rings. The van der Waals surface area contributed by atoms with Crippen LogP contribution in [0.4, 0.5) is 4.39 Å². The average molecular weight is 231 g/mol. The number of sulfonamides is 1. The van der Waals surface area contributed by atoms with E-state index in [0.29, 0.717) is 5.56 Å². The fourth-order valence-corrected chi connectivity index (χ4v) is 1.98. The van der Waals surface area contributed by atoms with E-state index in [-0.39, 0.29) is 5.82 Å². The molecule has 84 valence electrons. The molecule has 0 aliphatic carbocycles. The molecule has 0 spiro atoms. The summed E-state index contributed by atoms with van der Waals surface area (Å²) in [4.78, 5) is 0. The van der Waals surface area contributed by atoms with Crippen LogP contribution in [0.2, 0.25) is 0 Å². The van der Waals surface area contributed by atoms with Gasteiger partial charge < -0.3 is 0 Å². The van der Waals surface area contributed by atoms with Gasteiger partial charge in [0.15, 0.2) is 0 Å². The summed E-state index contributed by atoms with van der Waals surface area (Å²) in [5, 5.41) is 0. The molecule has 5 heteroatoms. The minimum atomic E-state index is -3.30. The van der Waals surface area contributed by atoms with Crippen LogP contribution in [0.3, 0.4) is 0 Å². The van der Waals surface area contributed by atoms with Crippen molar-refractivity contribution in [2.24, 2.45) is 0 Å². The van der Waals surface area contributed by atoms with Crippen molar-refractivity contribution in [1.82, 2.24) is 4.31 Å². The first kappa shape index (κ1) is 12.1. The van der Waals surface area contributed by atoms with Crippen LogP contribution in [-0.4, -0.2) is 26.0 Å². The molecule has 0 aliphatic heterocycles. The monoisotopic (exact) mass is 231 g/mol. The number of rotatable bonds is 3. The van der Waals surface area contributed by atoms with Crippen LogP contribution in [-0.2, 0) is 10.0 Å². The van der Waals surface area contributed by atoms with E-state index in [1.54, 1.807) is 25.1 Å². The van der Waals surface area contributed by atoms with E-state index < -0.39 is 16.1 Å². The second-order valence-corrected chi connectivity index (χ2v) is 5.52. The molecule has 1 unspecified atom stereocenters. The van der Waals surface area contributed by atoms with Crippen molar-refractivity contribution >= 4 is 10.0 Å². The van der Waals surface area contributed by atoms with E-state index in [0.717, 1.165) is 10.6 Å². The first-order valence-electron chi connectivity index (χ1n) is 4.51. The summed E-state index contributed by atoms with van der Waals surface area (Å²) in [7, 11) is -1.86. The van der Waals surface area contributed by atoms with Gasteiger partial charge in [-0.1, -0.05) is 18.2 Å². The Morgan fingerprint density at radius 1 is 1.33 bits per heavy atom.